The van der Waals surface area contributed by atoms with Gasteiger partial charge in [0.05, 0.1) is 25.2 Å². The lowest BCUT2D eigenvalue weighted by Crippen LogP contribution is -2.16. The van der Waals surface area contributed by atoms with E-state index >= 15 is 0 Å². The quantitative estimate of drug-likeness (QED) is 0.311. The standard InChI is InChI=1S/C25H18F4O5/c1-31-19-10-5-15(11-21(19)32-2)22-23(30)18-9-8-17(12-20(18)34-24(22)25(27,28)29)33-13-14-3-6-16(26)7-4-14/h3-12H,13H2,1-2H3. The Balaban J connectivity index is 1.80. The summed E-state index contributed by atoms with van der Waals surface area (Å²) < 4.78 is 75.9. The maximum atomic E-state index is 13.9. The summed E-state index contributed by atoms with van der Waals surface area (Å²) in [5.41, 5.74) is -1.15. The summed E-state index contributed by atoms with van der Waals surface area (Å²) in [5.74, 6) is -1.19. The molecule has 0 aliphatic rings. The van der Waals surface area contributed by atoms with E-state index in [4.69, 9.17) is 18.6 Å². The largest absolute Gasteiger partial charge is 0.493 e. The van der Waals surface area contributed by atoms with Crippen molar-refractivity contribution in [2.45, 2.75) is 12.8 Å². The van der Waals surface area contributed by atoms with Crippen molar-refractivity contribution in [3.05, 3.63) is 88.0 Å². The van der Waals surface area contributed by atoms with Crippen molar-refractivity contribution in [1.82, 2.24) is 0 Å². The number of hydrogen-bond acceptors (Lipinski definition) is 5. The van der Waals surface area contributed by atoms with Gasteiger partial charge in [0.25, 0.3) is 0 Å². The van der Waals surface area contributed by atoms with Crippen molar-refractivity contribution >= 4 is 11.0 Å². The molecule has 1 aromatic heterocycles. The van der Waals surface area contributed by atoms with Gasteiger partial charge in [0, 0.05) is 6.07 Å². The van der Waals surface area contributed by atoms with Crippen LogP contribution < -0.4 is 19.6 Å². The number of methoxy groups -OCH3 is 2. The SMILES string of the molecule is COc1ccc(-c2c(C(F)(F)F)oc3cc(OCc4ccc(F)cc4)ccc3c2=O)cc1OC. The van der Waals surface area contributed by atoms with Gasteiger partial charge in [0.2, 0.25) is 11.2 Å². The highest BCUT2D eigenvalue weighted by molar-refractivity contribution is 5.84. The van der Waals surface area contributed by atoms with Gasteiger partial charge in [0.15, 0.2) is 11.5 Å². The summed E-state index contributed by atoms with van der Waals surface area (Å²) in [5, 5.41) is -0.0492. The van der Waals surface area contributed by atoms with Gasteiger partial charge in [-0.2, -0.15) is 13.2 Å². The molecule has 1 heterocycles. The molecular weight excluding hydrogens is 456 g/mol. The van der Waals surface area contributed by atoms with E-state index in [2.05, 4.69) is 0 Å². The molecule has 0 saturated heterocycles. The van der Waals surface area contributed by atoms with Crippen LogP contribution in [-0.4, -0.2) is 14.2 Å². The van der Waals surface area contributed by atoms with Gasteiger partial charge in [-0.05, 0) is 47.5 Å². The number of benzene rings is 3. The van der Waals surface area contributed by atoms with E-state index in [1.54, 1.807) is 0 Å². The Morgan fingerprint density at radius 3 is 2.24 bits per heavy atom. The predicted molar refractivity (Wildman–Crippen MR) is 117 cm³/mol. The molecule has 4 rings (SSSR count). The molecule has 176 valence electrons. The van der Waals surface area contributed by atoms with Gasteiger partial charge < -0.3 is 18.6 Å². The van der Waals surface area contributed by atoms with Crippen LogP contribution in [0.1, 0.15) is 11.3 Å². The van der Waals surface area contributed by atoms with Crippen molar-refractivity contribution in [3.63, 3.8) is 0 Å². The van der Waals surface area contributed by atoms with Crippen LogP contribution in [0.2, 0.25) is 0 Å². The average molecular weight is 474 g/mol. The second-order valence-electron chi connectivity index (χ2n) is 7.28. The summed E-state index contributed by atoms with van der Waals surface area (Å²) >= 11 is 0. The number of ether oxygens (including phenoxy) is 3. The minimum absolute atomic E-state index is 0.0303. The number of fused-ring (bicyclic) bond motifs is 1. The highest BCUT2D eigenvalue weighted by atomic mass is 19.4. The molecule has 0 bridgehead atoms. The van der Waals surface area contributed by atoms with Crippen LogP contribution in [-0.2, 0) is 12.8 Å². The molecule has 34 heavy (non-hydrogen) atoms. The van der Waals surface area contributed by atoms with Crippen molar-refractivity contribution < 1.29 is 36.2 Å². The van der Waals surface area contributed by atoms with Crippen LogP contribution in [0, 0.1) is 5.82 Å². The highest BCUT2D eigenvalue weighted by Gasteiger charge is 2.39. The molecule has 5 nitrogen and oxygen atoms in total. The Hall–Kier alpha value is -4.01. The lowest BCUT2D eigenvalue weighted by atomic mass is 10.0. The topological polar surface area (TPSA) is 57.9 Å². The van der Waals surface area contributed by atoms with E-state index in [1.165, 1.54) is 74.9 Å². The zero-order valence-electron chi connectivity index (χ0n) is 18.0. The number of rotatable bonds is 6. The molecule has 0 fully saturated rings. The van der Waals surface area contributed by atoms with Crippen LogP contribution in [0.4, 0.5) is 17.6 Å². The lowest BCUT2D eigenvalue weighted by molar-refractivity contribution is -0.152. The third-order valence-electron chi connectivity index (χ3n) is 5.11. The zero-order chi connectivity index (χ0) is 24.5. The van der Waals surface area contributed by atoms with Crippen LogP contribution in [0.3, 0.4) is 0 Å². The smallest absolute Gasteiger partial charge is 0.450 e. The monoisotopic (exact) mass is 474 g/mol. The molecule has 4 aromatic rings. The van der Waals surface area contributed by atoms with Gasteiger partial charge >= 0.3 is 6.18 Å². The maximum absolute atomic E-state index is 13.9. The molecule has 0 amide bonds. The zero-order valence-corrected chi connectivity index (χ0v) is 18.0. The summed E-state index contributed by atoms with van der Waals surface area (Å²) in [7, 11) is 2.72. The normalized spacial score (nSPS) is 11.5. The Labute approximate surface area is 191 Å². The Bertz CT molecular complexity index is 1390. The van der Waals surface area contributed by atoms with Crippen molar-refractivity contribution in [2.24, 2.45) is 0 Å². The van der Waals surface area contributed by atoms with Gasteiger partial charge in [-0.1, -0.05) is 18.2 Å². The van der Waals surface area contributed by atoms with E-state index in [1.807, 2.05) is 0 Å². The number of alkyl halides is 3. The summed E-state index contributed by atoms with van der Waals surface area (Å²) in [6, 6.07) is 13.6. The fraction of sp³-hybridized carbons (Fsp3) is 0.160. The van der Waals surface area contributed by atoms with Crippen LogP contribution in [0.25, 0.3) is 22.1 Å². The molecule has 0 spiro atoms. The third-order valence-corrected chi connectivity index (χ3v) is 5.11. The maximum Gasteiger partial charge on any atom is 0.450 e. The molecule has 0 N–H and O–H groups in total. The molecular formula is C25H18F4O5. The summed E-state index contributed by atoms with van der Waals surface area (Å²) in [6.45, 7) is 0.0475. The van der Waals surface area contributed by atoms with Crippen LogP contribution in [0.15, 0.2) is 69.9 Å². The Morgan fingerprint density at radius 1 is 0.882 bits per heavy atom. The van der Waals surface area contributed by atoms with E-state index in [-0.39, 0.29) is 34.6 Å². The first-order valence-electron chi connectivity index (χ1n) is 9.99. The summed E-state index contributed by atoms with van der Waals surface area (Å²) in [4.78, 5) is 13.2. The van der Waals surface area contributed by atoms with Gasteiger partial charge in [-0.15, -0.1) is 0 Å². The first-order valence-corrected chi connectivity index (χ1v) is 9.99. The molecule has 0 aliphatic heterocycles. The molecule has 9 heteroatoms. The molecule has 3 aromatic carbocycles. The number of halogens is 4. The lowest BCUT2D eigenvalue weighted by Gasteiger charge is -2.15. The van der Waals surface area contributed by atoms with E-state index < -0.39 is 28.7 Å². The van der Waals surface area contributed by atoms with Crippen LogP contribution in [0.5, 0.6) is 17.2 Å². The van der Waals surface area contributed by atoms with Crippen molar-refractivity contribution in [1.29, 1.82) is 0 Å². The second kappa shape index (κ2) is 9.09. The fourth-order valence-electron chi connectivity index (χ4n) is 3.46. The predicted octanol–water partition coefficient (Wildman–Crippen LogP) is 6.21. The molecule has 0 radical (unpaired) electrons. The van der Waals surface area contributed by atoms with Gasteiger partial charge in [-0.25, -0.2) is 4.39 Å². The number of hydrogen-bond donors (Lipinski definition) is 0. The Kier molecular flexibility index (Phi) is 6.19. The van der Waals surface area contributed by atoms with Crippen LogP contribution >= 0.6 is 0 Å². The van der Waals surface area contributed by atoms with Gasteiger partial charge in [-0.3, -0.25) is 4.79 Å². The van der Waals surface area contributed by atoms with E-state index in [9.17, 15) is 22.4 Å². The van der Waals surface area contributed by atoms with E-state index in [0.29, 0.717) is 11.3 Å². The molecule has 0 atom stereocenters. The van der Waals surface area contributed by atoms with Crippen molar-refractivity contribution in [3.8, 4) is 28.4 Å². The third kappa shape index (κ3) is 4.54. The van der Waals surface area contributed by atoms with Gasteiger partial charge in [0.1, 0.15) is 23.8 Å². The molecule has 0 aliphatic carbocycles. The Morgan fingerprint density at radius 2 is 1.59 bits per heavy atom. The fourth-order valence-corrected chi connectivity index (χ4v) is 3.46. The van der Waals surface area contributed by atoms with E-state index in [0.717, 1.165) is 0 Å². The summed E-state index contributed by atoms with van der Waals surface area (Å²) in [6.07, 6.45) is -4.94. The second-order valence-corrected chi connectivity index (χ2v) is 7.28. The minimum atomic E-state index is -4.94. The first-order chi connectivity index (χ1) is 16.2. The van der Waals surface area contributed by atoms with Crippen molar-refractivity contribution in [2.75, 3.05) is 14.2 Å². The molecule has 0 unspecified atom stereocenters. The highest BCUT2D eigenvalue weighted by Crippen LogP contribution is 2.40. The first kappa shape index (κ1) is 23.2. The minimum Gasteiger partial charge on any atom is -0.493 e. The average Bonchev–Trinajstić information content (AvgIpc) is 2.82. The molecule has 0 saturated carbocycles.